The average Bonchev–Trinajstić information content (AvgIpc) is 2.96. The Hall–Kier alpha value is -0.860. The van der Waals surface area contributed by atoms with Gasteiger partial charge in [-0.3, -0.25) is 9.89 Å². The molecule has 0 bridgehead atoms. The van der Waals surface area contributed by atoms with Crippen molar-refractivity contribution >= 4 is 29.9 Å². The summed E-state index contributed by atoms with van der Waals surface area (Å²) in [7, 11) is 6.11. The van der Waals surface area contributed by atoms with E-state index in [9.17, 15) is 0 Å². The van der Waals surface area contributed by atoms with Crippen LogP contribution >= 0.6 is 24.0 Å². The summed E-state index contributed by atoms with van der Waals surface area (Å²) >= 11 is 0. The molecule has 1 aliphatic heterocycles. The molecule has 6 heteroatoms. The van der Waals surface area contributed by atoms with E-state index in [0.29, 0.717) is 24.0 Å². The highest BCUT2D eigenvalue weighted by atomic mass is 127. The molecule has 1 fully saturated rings. The third kappa shape index (κ3) is 6.91. The maximum atomic E-state index is 4.45. The lowest BCUT2D eigenvalue weighted by molar-refractivity contribution is 0.265. The quantitative estimate of drug-likeness (QED) is 0.368. The van der Waals surface area contributed by atoms with Crippen molar-refractivity contribution in [1.82, 2.24) is 20.4 Å². The van der Waals surface area contributed by atoms with E-state index >= 15 is 0 Å². The van der Waals surface area contributed by atoms with Crippen molar-refractivity contribution in [3.63, 3.8) is 0 Å². The first-order valence-corrected chi connectivity index (χ1v) is 9.76. The molecule has 27 heavy (non-hydrogen) atoms. The minimum Gasteiger partial charge on any atom is -0.354 e. The predicted octanol–water partition coefficient (Wildman–Crippen LogP) is 3.11. The van der Waals surface area contributed by atoms with Crippen molar-refractivity contribution in [3.8, 4) is 0 Å². The molecule has 2 N–H and O–H groups in total. The number of likely N-dealkylation sites (N-methyl/N-ethyl adjacent to an activating group) is 1. The van der Waals surface area contributed by atoms with Crippen LogP contribution in [0.4, 0.5) is 0 Å². The molecule has 0 radical (unpaired) electrons. The van der Waals surface area contributed by atoms with Gasteiger partial charge in [0.25, 0.3) is 0 Å². The van der Waals surface area contributed by atoms with Gasteiger partial charge in [0, 0.05) is 38.8 Å². The number of hydrogen-bond donors (Lipinski definition) is 2. The Morgan fingerprint density at radius 3 is 2.33 bits per heavy atom. The second kappa shape index (κ2) is 11.2. The number of aliphatic imine (C=N–C) groups is 1. The predicted molar refractivity (Wildman–Crippen MR) is 127 cm³/mol. The molecule has 1 heterocycles. The Kier molecular flexibility index (Phi) is 10.0. The van der Waals surface area contributed by atoms with Crippen molar-refractivity contribution < 1.29 is 0 Å². The first-order chi connectivity index (χ1) is 12.3. The Bertz CT molecular complexity index is 585. The van der Waals surface area contributed by atoms with Crippen molar-refractivity contribution in [1.29, 1.82) is 0 Å². The average molecular weight is 487 g/mol. The highest BCUT2D eigenvalue weighted by Crippen LogP contribution is 2.19. The summed E-state index contributed by atoms with van der Waals surface area (Å²) < 4.78 is 0. The van der Waals surface area contributed by atoms with Crippen LogP contribution in [0.15, 0.2) is 29.3 Å². The van der Waals surface area contributed by atoms with Gasteiger partial charge in [-0.2, -0.15) is 0 Å². The number of nitrogens with zero attached hydrogens (tertiary/aromatic N) is 3. The lowest BCUT2D eigenvalue weighted by atomic mass is 10.0. The van der Waals surface area contributed by atoms with Crippen LogP contribution in [0.1, 0.15) is 37.9 Å². The molecule has 2 rings (SSSR count). The Balaban J connectivity index is 0.00000364. The molecule has 1 aliphatic rings. The Labute approximate surface area is 183 Å². The summed E-state index contributed by atoms with van der Waals surface area (Å²) in [5.41, 5.74) is 2.62. The minimum absolute atomic E-state index is 0. The number of guanidine groups is 1. The maximum absolute atomic E-state index is 4.45. The van der Waals surface area contributed by atoms with Crippen molar-refractivity contribution in [2.75, 3.05) is 40.8 Å². The van der Waals surface area contributed by atoms with Crippen LogP contribution in [0, 0.1) is 12.8 Å². The molecule has 3 atom stereocenters. The van der Waals surface area contributed by atoms with Crippen LogP contribution in [0.5, 0.6) is 0 Å². The summed E-state index contributed by atoms with van der Waals surface area (Å²) in [6.45, 7) is 12.0. The lowest BCUT2D eigenvalue weighted by Crippen LogP contribution is -2.48. The highest BCUT2D eigenvalue weighted by molar-refractivity contribution is 14.0. The minimum atomic E-state index is 0. The smallest absolute Gasteiger partial charge is 0.191 e. The molecule has 1 aromatic carbocycles. The molecular formula is C21H38IN5. The van der Waals surface area contributed by atoms with Gasteiger partial charge in [-0.1, -0.05) is 36.8 Å². The molecule has 154 valence electrons. The van der Waals surface area contributed by atoms with E-state index < -0.39 is 0 Å². The summed E-state index contributed by atoms with van der Waals surface area (Å²) in [6.07, 6.45) is 0. The van der Waals surface area contributed by atoms with Gasteiger partial charge in [0.15, 0.2) is 5.96 Å². The first kappa shape index (κ1) is 24.2. The number of rotatable bonds is 6. The summed E-state index contributed by atoms with van der Waals surface area (Å²) in [5.74, 6) is 1.52. The Morgan fingerprint density at radius 2 is 1.85 bits per heavy atom. The van der Waals surface area contributed by atoms with E-state index in [2.05, 4.69) is 91.5 Å². The molecule has 0 aromatic heterocycles. The number of likely N-dealkylation sites (tertiary alicyclic amines) is 1. The second-order valence-electron chi connectivity index (χ2n) is 8.12. The zero-order valence-electron chi connectivity index (χ0n) is 18.0. The Morgan fingerprint density at radius 1 is 1.22 bits per heavy atom. The number of aryl methyl sites for hydroxylation is 1. The largest absolute Gasteiger partial charge is 0.354 e. The molecule has 0 spiro atoms. The third-order valence-corrected chi connectivity index (χ3v) is 5.46. The van der Waals surface area contributed by atoms with E-state index in [1.54, 1.807) is 0 Å². The van der Waals surface area contributed by atoms with Gasteiger partial charge in [0.2, 0.25) is 0 Å². The van der Waals surface area contributed by atoms with Crippen LogP contribution in [-0.4, -0.2) is 68.6 Å². The molecular weight excluding hydrogens is 449 g/mol. The van der Waals surface area contributed by atoms with Gasteiger partial charge in [-0.25, -0.2) is 0 Å². The van der Waals surface area contributed by atoms with E-state index in [1.807, 2.05) is 7.05 Å². The van der Waals surface area contributed by atoms with Gasteiger partial charge in [-0.15, -0.1) is 24.0 Å². The molecule has 3 unspecified atom stereocenters. The molecule has 5 nitrogen and oxygen atoms in total. The maximum Gasteiger partial charge on any atom is 0.191 e. The number of benzene rings is 1. The van der Waals surface area contributed by atoms with Crippen molar-refractivity contribution in [2.45, 2.75) is 45.8 Å². The van der Waals surface area contributed by atoms with E-state index in [0.717, 1.165) is 25.6 Å². The van der Waals surface area contributed by atoms with E-state index in [-0.39, 0.29) is 24.0 Å². The van der Waals surface area contributed by atoms with Crippen molar-refractivity contribution in [2.24, 2.45) is 10.9 Å². The van der Waals surface area contributed by atoms with Crippen molar-refractivity contribution in [3.05, 3.63) is 35.4 Å². The summed E-state index contributed by atoms with van der Waals surface area (Å²) in [4.78, 5) is 9.24. The fraction of sp³-hybridized carbons (Fsp3) is 0.667. The van der Waals surface area contributed by atoms with Crippen LogP contribution < -0.4 is 10.6 Å². The van der Waals surface area contributed by atoms with E-state index in [4.69, 9.17) is 0 Å². The van der Waals surface area contributed by atoms with Gasteiger partial charge in [-0.05, 0) is 46.3 Å². The summed E-state index contributed by atoms with van der Waals surface area (Å²) in [6, 6.07) is 10.1. The molecule has 0 aliphatic carbocycles. The molecule has 0 saturated carbocycles. The SMILES string of the molecule is CN=C(NCC(c1ccc(C)cc1)N(C)C)NC1CN(C(C)C)CC1C.I. The summed E-state index contributed by atoms with van der Waals surface area (Å²) in [5, 5.41) is 7.17. The van der Waals surface area contributed by atoms with Crippen LogP contribution in [0.2, 0.25) is 0 Å². The number of nitrogens with one attached hydrogen (secondary N) is 2. The topological polar surface area (TPSA) is 42.9 Å². The van der Waals surface area contributed by atoms with Crippen LogP contribution in [0.3, 0.4) is 0 Å². The van der Waals surface area contributed by atoms with Crippen LogP contribution in [-0.2, 0) is 0 Å². The zero-order valence-corrected chi connectivity index (χ0v) is 20.3. The first-order valence-electron chi connectivity index (χ1n) is 9.76. The fourth-order valence-electron chi connectivity index (χ4n) is 3.56. The second-order valence-corrected chi connectivity index (χ2v) is 8.12. The van der Waals surface area contributed by atoms with E-state index in [1.165, 1.54) is 11.1 Å². The fourth-order valence-corrected chi connectivity index (χ4v) is 3.56. The standard InChI is InChI=1S/C21H37N5.HI/c1-15(2)26-13-17(4)19(14-26)24-21(22-5)23-12-20(25(6)7)18-10-8-16(3)9-11-18;/h8-11,15,17,19-20H,12-14H2,1-7H3,(H2,22,23,24);1H. The normalized spacial score (nSPS) is 22.0. The molecule has 1 aromatic rings. The highest BCUT2D eigenvalue weighted by Gasteiger charge is 2.31. The third-order valence-electron chi connectivity index (χ3n) is 5.46. The number of hydrogen-bond acceptors (Lipinski definition) is 3. The zero-order chi connectivity index (χ0) is 19.3. The van der Waals surface area contributed by atoms with Gasteiger partial charge < -0.3 is 15.5 Å². The lowest BCUT2D eigenvalue weighted by Gasteiger charge is -2.27. The number of halogens is 1. The van der Waals surface area contributed by atoms with Crippen LogP contribution in [0.25, 0.3) is 0 Å². The monoisotopic (exact) mass is 487 g/mol. The van der Waals surface area contributed by atoms with Gasteiger partial charge >= 0.3 is 0 Å². The molecule has 1 saturated heterocycles. The molecule has 0 amide bonds. The van der Waals surface area contributed by atoms with Gasteiger partial charge in [0.1, 0.15) is 0 Å². The van der Waals surface area contributed by atoms with Gasteiger partial charge in [0.05, 0.1) is 6.04 Å².